The average Bonchev–Trinajstić information content (AvgIpc) is 2.36. The first-order valence-corrected chi connectivity index (χ1v) is 5.81. The van der Waals surface area contributed by atoms with E-state index in [0.29, 0.717) is 13.0 Å². The van der Waals surface area contributed by atoms with Crippen molar-refractivity contribution in [2.75, 3.05) is 13.7 Å². The van der Waals surface area contributed by atoms with Crippen LogP contribution in [0.5, 0.6) is 5.75 Å². The number of nitrogens with one attached hydrogen (secondary N) is 1. The van der Waals surface area contributed by atoms with Crippen LogP contribution in [-0.4, -0.2) is 29.8 Å². The summed E-state index contributed by atoms with van der Waals surface area (Å²) in [7, 11) is 1.79. The molecule has 0 aliphatic heterocycles. The normalized spacial score (nSPS) is 12.2. The molecule has 100 valence electrons. The van der Waals surface area contributed by atoms with Gasteiger partial charge in [0, 0.05) is 12.6 Å². The SMILES string of the molecule is CCC(O)COc1cc(CNC)ccc1[N+](=O)[O-]. The third kappa shape index (κ3) is 3.97. The van der Waals surface area contributed by atoms with Gasteiger partial charge in [-0.2, -0.15) is 0 Å². The van der Waals surface area contributed by atoms with E-state index >= 15 is 0 Å². The van der Waals surface area contributed by atoms with E-state index in [0.717, 1.165) is 5.56 Å². The second-order valence-electron chi connectivity index (χ2n) is 3.96. The van der Waals surface area contributed by atoms with Crippen LogP contribution in [0.15, 0.2) is 18.2 Å². The number of rotatable bonds is 7. The molecule has 6 nitrogen and oxygen atoms in total. The van der Waals surface area contributed by atoms with Crippen LogP contribution in [0.25, 0.3) is 0 Å². The molecular formula is C12H18N2O4. The van der Waals surface area contributed by atoms with Crippen molar-refractivity contribution >= 4 is 5.69 Å². The summed E-state index contributed by atoms with van der Waals surface area (Å²) in [6.45, 7) is 2.48. The fourth-order valence-electron chi connectivity index (χ4n) is 1.44. The molecule has 6 heteroatoms. The second-order valence-corrected chi connectivity index (χ2v) is 3.96. The predicted octanol–water partition coefficient (Wildman–Crippen LogP) is 1.46. The number of nitro groups is 1. The maximum atomic E-state index is 10.9. The number of nitro benzene ring substituents is 1. The van der Waals surface area contributed by atoms with Gasteiger partial charge in [0.05, 0.1) is 11.0 Å². The van der Waals surface area contributed by atoms with Gasteiger partial charge in [-0.1, -0.05) is 13.0 Å². The molecule has 0 fully saturated rings. The maximum Gasteiger partial charge on any atom is 0.310 e. The number of benzene rings is 1. The highest BCUT2D eigenvalue weighted by atomic mass is 16.6. The van der Waals surface area contributed by atoms with E-state index in [4.69, 9.17) is 4.74 Å². The van der Waals surface area contributed by atoms with Gasteiger partial charge in [0.25, 0.3) is 0 Å². The standard InChI is InChI=1S/C12H18N2O4/c1-3-10(15)8-18-12-6-9(7-13-2)4-5-11(12)14(16)17/h4-6,10,13,15H,3,7-8H2,1-2H3. The first kappa shape index (κ1) is 14.4. The van der Waals surface area contributed by atoms with Crippen LogP contribution >= 0.6 is 0 Å². The monoisotopic (exact) mass is 254 g/mol. The van der Waals surface area contributed by atoms with Crippen LogP contribution in [-0.2, 0) is 6.54 Å². The smallest absolute Gasteiger partial charge is 0.310 e. The highest BCUT2D eigenvalue weighted by molar-refractivity contribution is 5.48. The summed E-state index contributed by atoms with van der Waals surface area (Å²) in [5.41, 5.74) is 0.808. The summed E-state index contributed by atoms with van der Waals surface area (Å²) in [5, 5.41) is 23.2. The van der Waals surface area contributed by atoms with Crippen LogP contribution in [0.2, 0.25) is 0 Å². The highest BCUT2D eigenvalue weighted by Crippen LogP contribution is 2.28. The van der Waals surface area contributed by atoms with Gasteiger partial charge in [0.2, 0.25) is 0 Å². The minimum Gasteiger partial charge on any atom is -0.484 e. The van der Waals surface area contributed by atoms with Crippen LogP contribution in [0.3, 0.4) is 0 Å². The zero-order valence-electron chi connectivity index (χ0n) is 10.5. The molecule has 0 amide bonds. The maximum absolute atomic E-state index is 10.9. The van der Waals surface area contributed by atoms with Gasteiger partial charge in [-0.3, -0.25) is 10.1 Å². The van der Waals surface area contributed by atoms with E-state index in [2.05, 4.69) is 5.32 Å². The van der Waals surface area contributed by atoms with Gasteiger partial charge in [-0.05, 0) is 25.1 Å². The Bertz CT molecular complexity index is 409. The van der Waals surface area contributed by atoms with Crippen molar-refractivity contribution in [3.63, 3.8) is 0 Å². The van der Waals surface area contributed by atoms with Crippen molar-refractivity contribution < 1.29 is 14.8 Å². The molecule has 0 aliphatic rings. The molecule has 0 bridgehead atoms. The largest absolute Gasteiger partial charge is 0.484 e. The van der Waals surface area contributed by atoms with E-state index in [-0.39, 0.29) is 18.0 Å². The van der Waals surface area contributed by atoms with Gasteiger partial charge in [0.1, 0.15) is 6.61 Å². The Morgan fingerprint density at radius 2 is 2.28 bits per heavy atom. The van der Waals surface area contributed by atoms with Gasteiger partial charge in [0.15, 0.2) is 5.75 Å². The molecule has 0 saturated carbocycles. The summed E-state index contributed by atoms with van der Waals surface area (Å²) in [5.74, 6) is 0.195. The number of nitrogens with zero attached hydrogens (tertiary/aromatic N) is 1. The Kier molecular flexibility index (Phi) is 5.54. The zero-order chi connectivity index (χ0) is 13.5. The first-order chi connectivity index (χ1) is 8.58. The molecule has 0 spiro atoms. The lowest BCUT2D eigenvalue weighted by molar-refractivity contribution is -0.385. The number of aliphatic hydroxyl groups is 1. The molecule has 18 heavy (non-hydrogen) atoms. The minimum atomic E-state index is -0.613. The zero-order valence-corrected chi connectivity index (χ0v) is 10.5. The summed E-state index contributed by atoms with van der Waals surface area (Å²) in [4.78, 5) is 10.4. The molecule has 0 aromatic heterocycles. The second kappa shape index (κ2) is 6.93. The molecule has 1 aromatic rings. The van der Waals surface area contributed by atoms with Crippen LogP contribution < -0.4 is 10.1 Å². The van der Waals surface area contributed by atoms with E-state index in [1.807, 2.05) is 6.92 Å². The molecular weight excluding hydrogens is 236 g/mol. The Morgan fingerprint density at radius 3 is 2.83 bits per heavy atom. The van der Waals surface area contributed by atoms with Crippen molar-refractivity contribution in [2.24, 2.45) is 0 Å². The van der Waals surface area contributed by atoms with Crippen molar-refractivity contribution in [3.05, 3.63) is 33.9 Å². The lowest BCUT2D eigenvalue weighted by atomic mass is 10.2. The number of aliphatic hydroxyl groups excluding tert-OH is 1. The first-order valence-electron chi connectivity index (χ1n) is 5.81. The fourth-order valence-corrected chi connectivity index (χ4v) is 1.44. The molecule has 0 radical (unpaired) electrons. The van der Waals surface area contributed by atoms with Gasteiger partial charge < -0.3 is 15.2 Å². The Hall–Kier alpha value is -1.66. The summed E-state index contributed by atoms with van der Waals surface area (Å²) < 4.78 is 5.32. The van der Waals surface area contributed by atoms with Crippen LogP contribution in [0.1, 0.15) is 18.9 Å². The molecule has 1 aromatic carbocycles. The summed E-state index contributed by atoms with van der Waals surface area (Å²) in [6.07, 6.45) is -0.0677. The van der Waals surface area contributed by atoms with Crippen molar-refractivity contribution in [3.8, 4) is 5.75 Å². The van der Waals surface area contributed by atoms with E-state index in [1.54, 1.807) is 19.2 Å². The Labute approximate surface area is 106 Å². The minimum absolute atomic E-state index is 0.0559. The molecule has 2 N–H and O–H groups in total. The molecule has 0 aliphatic carbocycles. The van der Waals surface area contributed by atoms with E-state index in [9.17, 15) is 15.2 Å². The molecule has 0 heterocycles. The van der Waals surface area contributed by atoms with Crippen molar-refractivity contribution in [1.29, 1.82) is 0 Å². The fraction of sp³-hybridized carbons (Fsp3) is 0.500. The van der Waals surface area contributed by atoms with Crippen molar-refractivity contribution in [2.45, 2.75) is 26.0 Å². The van der Waals surface area contributed by atoms with Gasteiger partial charge in [-0.15, -0.1) is 0 Å². The predicted molar refractivity (Wildman–Crippen MR) is 67.7 cm³/mol. The third-order valence-corrected chi connectivity index (χ3v) is 2.50. The number of hydrogen-bond donors (Lipinski definition) is 2. The average molecular weight is 254 g/mol. The molecule has 1 unspecified atom stereocenters. The summed E-state index contributed by atoms with van der Waals surface area (Å²) >= 11 is 0. The van der Waals surface area contributed by atoms with E-state index < -0.39 is 11.0 Å². The lowest BCUT2D eigenvalue weighted by Gasteiger charge is -2.11. The highest BCUT2D eigenvalue weighted by Gasteiger charge is 2.16. The Balaban J connectivity index is 2.89. The number of ether oxygens (including phenoxy) is 1. The van der Waals surface area contributed by atoms with Crippen LogP contribution in [0.4, 0.5) is 5.69 Å². The van der Waals surface area contributed by atoms with Crippen LogP contribution in [0, 0.1) is 10.1 Å². The number of hydrogen-bond acceptors (Lipinski definition) is 5. The topological polar surface area (TPSA) is 84.6 Å². The molecule has 1 rings (SSSR count). The lowest BCUT2D eigenvalue weighted by Crippen LogP contribution is -2.16. The quantitative estimate of drug-likeness (QED) is 0.568. The molecule has 0 saturated heterocycles. The van der Waals surface area contributed by atoms with E-state index in [1.165, 1.54) is 6.07 Å². The molecule has 1 atom stereocenters. The Morgan fingerprint density at radius 1 is 1.56 bits per heavy atom. The third-order valence-electron chi connectivity index (χ3n) is 2.50. The van der Waals surface area contributed by atoms with Crippen molar-refractivity contribution in [1.82, 2.24) is 5.32 Å². The summed E-state index contributed by atoms with van der Waals surface area (Å²) in [6, 6.07) is 4.72. The van der Waals surface area contributed by atoms with Gasteiger partial charge in [-0.25, -0.2) is 0 Å². The van der Waals surface area contributed by atoms with Gasteiger partial charge >= 0.3 is 5.69 Å².